The smallest absolute Gasteiger partial charge is 0.376 e. The predicted molar refractivity (Wildman–Crippen MR) is 155 cm³/mol. The van der Waals surface area contributed by atoms with Gasteiger partial charge < -0.3 is 4.89 Å². The van der Waals surface area contributed by atoms with E-state index in [1.165, 1.54) is 116 Å². The molecule has 0 radical (unpaired) electrons. The van der Waals surface area contributed by atoms with E-state index >= 15 is 0 Å². The van der Waals surface area contributed by atoms with Gasteiger partial charge in [-0.2, -0.15) is 0 Å². The molecular formula is C31H63NO2P+. The van der Waals surface area contributed by atoms with Crippen molar-refractivity contribution in [2.75, 3.05) is 21.1 Å². The fourth-order valence-electron chi connectivity index (χ4n) is 5.34. The third-order valence-corrected chi connectivity index (χ3v) is 9.55. The molecule has 3 nitrogen and oxygen atoms in total. The Morgan fingerprint density at radius 3 is 1.29 bits per heavy atom. The minimum Gasteiger partial charge on any atom is -0.590 e. The van der Waals surface area contributed by atoms with Gasteiger partial charge in [0.25, 0.3) is 5.28 Å². The van der Waals surface area contributed by atoms with Crippen molar-refractivity contribution in [1.82, 2.24) is 0 Å². The van der Waals surface area contributed by atoms with E-state index in [0.29, 0.717) is 4.48 Å². The molecule has 35 heavy (non-hydrogen) atoms. The van der Waals surface area contributed by atoms with E-state index in [1.54, 1.807) is 0 Å². The number of allylic oxidation sites excluding steroid dienone is 2. The normalized spacial score (nSPS) is 14.5. The average molecular weight is 513 g/mol. The van der Waals surface area contributed by atoms with Crippen LogP contribution in [-0.2, 0) is 4.57 Å². The average Bonchev–Trinajstić information content (AvgIpc) is 2.80. The molecule has 0 aliphatic carbocycles. The quantitative estimate of drug-likeness (QED) is 0.0500. The molecule has 4 heteroatoms. The summed E-state index contributed by atoms with van der Waals surface area (Å²) >= 11 is 0. The molecule has 0 aromatic rings. The first-order valence-electron chi connectivity index (χ1n) is 15.4. The van der Waals surface area contributed by atoms with Gasteiger partial charge in [-0.05, 0) is 38.5 Å². The summed E-state index contributed by atoms with van der Waals surface area (Å²) < 4.78 is 12.6. The second-order valence-electron chi connectivity index (χ2n) is 11.8. The summed E-state index contributed by atoms with van der Waals surface area (Å²) in [5.41, 5.74) is 0. The lowest BCUT2D eigenvalue weighted by atomic mass is 9.99. The van der Waals surface area contributed by atoms with Gasteiger partial charge in [0.05, 0.1) is 21.1 Å². The van der Waals surface area contributed by atoms with E-state index in [2.05, 4.69) is 26.0 Å². The van der Waals surface area contributed by atoms with Gasteiger partial charge in [-0.3, -0.25) is 4.48 Å². The molecule has 0 rings (SSSR count). The molecule has 0 saturated carbocycles. The number of hydrogen-bond acceptors (Lipinski definition) is 2. The summed E-state index contributed by atoms with van der Waals surface area (Å²) in [5.74, 6) is 0. The standard InChI is InChI=1S/C31H63NO2P/c1-6-8-9-10-11-12-13-14-15-16-17-18-19-20-21-22-23-24-25-26-27-28-30-31(29-7-2,35(33)34)32(3,4)5/h18-19H,6-17,20-30H2,1-5H3/q+1. The molecule has 0 aliphatic rings. The minimum atomic E-state index is -2.42. The number of rotatable bonds is 26. The van der Waals surface area contributed by atoms with Gasteiger partial charge in [0.1, 0.15) is 0 Å². The lowest BCUT2D eigenvalue weighted by Gasteiger charge is -2.39. The molecule has 0 saturated heterocycles. The minimum absolute atomic E-state index is 0.521. The Hall–Kier alpha value is -0.240. The second-order valence-corrected chi connectivity index (χ2v) is 13.2. The summed E-state index contributed by atoms with van der Waals surface area (Å²) in [5, 5.41) is -0.592. The van der Waals surface area contributed by atoms with E-state index in [0.717, 1.165) is 32.1 Å². The fourth-order valence-corrected chi connectivity index (χ4v) is 6.58. The molecule has 0 amide bonds. The third kappa shape index (κ3) is 17.8. The van der Waals surface area contributed by atoms with E-state index < -0.39 is 13.3 Å². The van der Waals surface area contributed by atoms with Gasteiger partial charge in [-0.25, -0.2) is 0 Å². The van der Waals surface area contributed by atoms with Gasteiger partial charge in [0, 0.05) is 12.8 Å². The summed E-state index contributed by atoms with van der Waals surface area (Å²) in [6.45, 7) is 4.38. The molecule has 208 valence electrons. The highest BCUT2D eigenvalue weighted by molar-refractivity contribution is 7.38. The van der Waals surface area contributed by atoms with E-state index in [9.17, 15) is 9.46 Å². The maximum atomic E-state index is 12.1. The molecule has 2 atom stereocenters. The van der Waals surface area contributed by atoms with Crippen molar-refractivity contribution < 1.29 is 13.9 Å². The number of nitrogens with zero attached hydrogens (tertiary/aromatic N) is 1. The topological polar surface area (TPSA) is 40.1 Å². The summed E-state index contributed by atoms with van der Waals surface area (Å²) in [6.07, 6.45) is 34.1. The first-order chi connectivity index (χ1) is 16.8. The molecule has 0 heterocycles. The maximum absolute atomic E-state index is 12.1. The number of quaternary nitrogens is 1. The van der Waals surface area contributed by atoms with Crippen LogP contribution >= 0.6 is 8.03 Å². The lowest BCUT2D eigenvalue weighted by Crippen LogP contribution is -2.55. The summed E-state index contributed by atoms with van der Waals surface area (Å²) in [6, 6.07) is 0. The van der Waals surface area contributed by atoms with Crippen molar-refractivity contribution in [2.24, 2.45) is 0 Å². The molecule has 0 spiro atoms. The van der Waals surface area contributed by atoms with Crippen LogP contribution < -0.4 is 4.89 Å². The van der Waals surface area contributed by atoms with Crippen LogP contribution in [0.5, 0.6) is 0 Å². The third-order valence-electron chi connectivity index (χ3n) is 7.83. The SMILES string of the molecule is CCCCCCCCCCCCC=CCCCCCCCCCCC(CCC)([P+](=O)[O-])[N+](C)(C)C. The second kappa shape index (κ2) is 22.9. The van der Waals surface area contributed by atoms with E-state index in [-0.39, 0.29) is 0 Å². The molecule has 0 bridgehead atoms. The van der Waals surface area contributed by atoms with Gasteiger partial charge >= 0.3 is 8.03 Å². The van der Waals surface area contributed by atoms with Crippen LogP contribution in [0.1, 0.15) is 162 Å². The Kier molecular flexibility index (Phi) is 22.8. The molecule has 0 N–H and O–H groups in total. The first-order valence-corrected chi connectivity index (χ1v) is 16.6. The summed E-state index contributed by atoms with van der Waals surface area (Å²) in [4.78, 5) is 12.1. The monoisotopic (exact) mass is 512 g/mol. The predicted octanol–water partition coefficient (Wildman–Crippen LogP) is 10.1. The lowest BCUT2D eigenvalue weighted by molar-refractivity contribution is -0.910. The Morgan fingerprint density at radius 2 is 0.943 bits per heavy atom. The Morgan fingerprint density at radius 1 is 0.571 bits per heavy atom. The number of unbranched alkanes of at least 4 members (excludes halogenated alkanes) is 18. The zero-order valence-corrected chi connectivity index (χ0v) is 25.5. The van der Waals surface area contributed by atoms with Gasteiger partial charge in [0.2, 0.25) is 0 Å². The largest absolute Gasteiger partial charge is 0.590 e. The van der Waals surface area contributed by atoms with Crippen LogP contribution in [0.25, 0.3) is 0 Å². The van der Waals surface area contributed by atoms with Crippen LogP contribution in [0, 0.1) is 0 Å². The summed E-state index contributed by atoms with van der Waals surface area (Å²) in [7, 11) is 3.68. The van der Waals surface area contributed by atoms with Crippen molar-refractivity contribution >= 4 is 8.03 Å². The van der Waals surface area contributed by atoms with Crippen LogP contribution in [0.2, 0.25) is 0 Å². The van der Waals surface area contributed by atoms with Gasteiger partial charge in [-0.1, -0.05) is 127 Å². The fraction of sp³-hybridized carbons (Fsp3) is 0.935. The maximum Gasteiger partial charge on any atom is 0.376 e. The van der Waals surface area contributed by atoms with Crippen molar-refractivity contribution in [3.63, 3.8) is 0 Å². The molecule has 2 unspecified atom stereocenters. The molecule has 0 fully saturated rings. The van der Waals surface area contributed by atoms with Crippen molar-refractivity contribution in [2.45, 2.75) is 167 Å². The van der Waals surface area contributed by atoms with Gasteiger partial charge in [-0.15, -0.1) is 0 Å². The van der Waals surface area contributed by atoms with Crippen molar-refractivity contribution in [3.05, 3.63) is 12.2 Å². The van der Waals surface area contributed by atoms with Crippen molar-refractivity contribution in [1.29, 1.82) is 0 Å². The Bertz CT molecular complexity index is 515. The Balaban J connectivity index is 3.55. The van der Waals surface area contributed by atoms with E-state index in [1.807, 2.05) is 21.1 Å². The number of hydrogen-bond donors (Lipinski definition) is 0. The molecule has 0 aromatic heterocycles. The highest BCUT2D eigenvalue weighted by Gasteiger charge is 2.53. The van der Waals surface area contributed by atoms with Crippen LogP contribution in [0.4, 0.5) is 0 Å². The van der Waals surface area contributed by atoms with Crippen molar-refractivity contribution in [3.8, 4) is 0 Å². The molecule has 0 aromatic carbocycles. The Labute approximate surface area is 222 Å². The van der Waals surface area contributed by atoms with Crippen LogP contribution in [0.3, 0.4) is 0 Å². The first kappa shape index (κ1) is 34.8. The molecular weight excluding hydrogens is 449 g/mol. The van der Waals surface area contributed by atoms with Crippen LogP contribution in [-0.4, -0.2) is 30.9 Å². The van der Waals surface area contributed by atoms with Gasteiger partial charge in [0.15, 0.2) is 0 Å². The zero-order valence-electron chi connectivity index (χ0n) is 24.6. The molecule has 0 aliphatic heterocycles. The zero-order chi connectivity index (χ0) is 26.3. The highest BCUT2D eigenvalue weighted by atomic mass is 31.1. The van der Waals surface area contributed by atoms with Crippen LogP contribution in [0.15, 0.2) is 12.2 Å². The highest BCUT2D eigenvalue weighted by Crippen LogP contribution is 2.45. The van der Waals surface area contributed by atoms with E-state index in [4.69, 9.17) is 0 Å².